The average Bonchev–Trinajstić information content (AvgIpc) is 2.35. The van der Waals surface area contributed by atoms with Gasteiger partial charge in [-0.05, 0) is 19.4 Å². The van der Waals surface area contributed by atoms with Gasteiger partial charge < -0.3 is 5.11 Å². The van der Waals surface area contributed by atoms with Crippen molar-refractivity contribution in [3.8, 4) is 0 Å². The Morgan fingerprint density at radius 1 is 1.28 bits per heavy atom. The molecule has 2 rings (SSSR count). The maximum atomic E-state index is 12.0. The number of hydrogen-bond acceptors (Lipinski definition) is 4. The molecule has 0 aliphatic carbocycles. The summed E-state index contributed by atoms with van der Waals surface area (Å²) in [6.07, 6.45) is 0. The summed E-state index contributed by atoms with van der Waals surface area (Å²) in [5.74, 6) is -0.481. The van der Waals surface area contributed by atoms with Gasteiger partial charge >= 0.3 is 0 Å². The maximum Gasteiger partial charge on any atom is 0.259 e. The number of amides is 1. The summed E-state index contributed by atoms with van der Waals surface area (Å²) in [4.78, 5) is 11.9. The van der Waals surface area contributed by atoms with E-state index in [9.17, 15) is 18.3 Å². The maximum absolute atomic E-state index is 12.0. The van der Waals surface area contributed by atoms with Crippen molar-refractivity contribution < 1.29 is 18.3 Å². The number of aliphatic hydroxyl groups excluding tert-OH is 1. The Labute approximate surface area is 106 Å². The zero-order valence-corrected chi connectivity index (χ0v) is 11.0. The number of sulfonamides is 1. The molecule has 1 N–H and O–H groups in total. The van der Waals surface area contributed by atoms with Crippen LogP contribution < -0.4 is 0 Å². The fourth-order valence-corrected chi connectivity index (χ4v) is 3.64. The first-order valence-corrected chi connectivity index (χ1v) is 7.02. The van der Waals surface area contributed by atoms with E-state index in [4.69, 9.17) is 0 Å². The van der Waals surface area contributed by atoms with E-state index >= 15 is 0 Å². The summed E-state index contributed by atoms with van der Waals surface area (Å²) < 4.78 is 23.5. The fraction of sp³-hybridized carbons (Fsp3) is 0.417. The summed E-state index contributed by atoms with van der Waals surface area (Å²) in [6, 6.07) is 7.80. The Morgan fingerprint density at radius 2 is 1.83 bits per heavy atom. The fourth-order valence-electron chi connectivity index (χ4n) is 1.99. The molecule has 0 aromatic heterocycles. The number of carbonyl (C=O) groups excluding carboxylic acids is 1. The van der Waals surface area contributed by atoms with E-state index in [1.807, 2.05) is 0 Å². The molecule has 1 aromatic rings. The van der Waals surface area contributed by atoms with Gasteiger partial charge in [0.1, 0.15) is 0 Å². The van der Waals surface area contributed by atoms with E-state index in [0.717, 1.165) is 4.31 Å². The molecule has 0 unspecified atom stereocenters. The summed E-state index contributed by atoms with van der Waals surface area (Å²) in [6.45, 7) is 2.33. The third-order valence-corrected chi connectivity index (χ3v) is 5.66. The molecule has 0 spiro atoms. The van der Waals surface area contributed by atoms with Crippen LogP contribution in [0.3, 0.4) is 0 Å². The van der Waals surface area contributed by atoms with Gasteiger partial charge in [-0.1, -0.05) is 30.3 Å². The van der Waals surface area contributed by atoms with Crippen molar-refractivity contribution in [1.29, 1.82) is 0 Å². The average molecular weight is 269 g/mol. The zero-order valence-electron chi connectivity index (χ0n) is 10.2. The molecule has 1 fully saturated rings. The molecule has 1 saturated heterocycles. The van der Waals surface area contributed by atoms with Crippen molar-refractivity contribution >= 4 is 15.9 Å². The van der Waals surface area contributed by atoms with E-state index in [1.165, 1.54) is 13.8 Å². The Kier molecular flexibility index (Phi) is 2.95. The number of hydrogen-bond donors (Lipinski definition) is 1. The predicted molar refractivity (Wildman–Crippen MR) is 66.1 cm³/mol. The molecule has 1 aromatic carbocycles. The van der Waals surface area contributed by atoms with E-state index in [1.54, 1.807) is 30.3 Å². The molecule has 0 radical (unpaired) electrons. The molecule has 0 saturated carbocycles. The van der Waals surface area contributed by atoms with Gasteiger partial charge in [-0.2, -0.15) is 0 Å². The summed E-state index contributed by atoms with van der Waals surface area (Å²) in [7, 11) is -3.69. The van der Waals surface area contributed by atoms with E-state index in [2.05, 4.69) is 0 Å². The van der Waals surface area contributed by atoms with Gasteiger partial charge in [-0.25, -0.2) is 12.7 Å². The Bertz CT molecular complexity index is 565. The first-order chi connectivity index (χ1) is 8.34. The van der Waals surface area contributed by atoms with Gasteiger partial charge in [0.15, 0.2) is 4.75 Å². The lowest BCUT2D eigenvalue weighted by atomic mass is 10.1. The highest BCUT2D eigenvalue weighted by molar-refractivity contribution is 7.94. The molecule has 1 heterocycles. The Balaban J connectivity index is 2.41. The van der Waals surface area contributed by atoms with Gasteiger partial charge in [0.2, 0.25) is 0 Å². The molecule has 1 amide bonds. The minimum atomic E-state index is -3.69. The Morgan fingerprint density at radius 3 is 2.28 bits per heavy atom. The zero-order chi connectivity index (χ0) is 13.6. The van der Waals surface area contributed by atoms with Crippen LogP contribution in [-0.4, -0.2) is 35.1 Å². The van der Waals surface area contributed by atoms with Gasteiger partial charge in [-0.3, -0.25) is 4.79 Å². The van der Waals surface area contributed by atoms with Crippen LogP contribution in [0.15, 0.2) is 30.3 Å². The lowest BCUT2D eigenvalue weighted by molar-refractivity contribution is -0.134. The van der Waals surface area contributed by atoms with Crippen LogP contribution in [0.2, 0.25) is 0 Å². The minimum absolute atomic E-state index is 0.426. The third-order valence-electron chi connectivity index (χ3n) is 3.26. The molecule has 0 bridgehead atoms. The van der Waals surface area contributed by atoms with Gasteiger partial charge in [-0.15, -0.1) is 0 Å². The number of nitrogens with zero attached hydrogens (tertiary/aromatic N) is 1. The second-order valence-electron chi connectivity index (χ2n) is 4.73. The third kappa shape index (κ3) is 1.56. The molecule has 6 heteroatoms. The van der Waals surface area contributed by atoms with Crippen molar-refractivity contribution in [2.75, 3.05) is 6.61 Å². The van der Waals surface area contributed by atoms with Gasteiger partial charge in [0.25, 0.3) is 15.9 Å². The summed E-state index contributed by atoms with van der Waals surface area (Å²) in [5, 5.41) is 9.38. The minimum Gasteiger partial charge on any atom is -0.394 e. The lowest BCUT2D eigenvalue weighted by Crippen LogP contribution is -2.68. The number of benzene rings is 1. The number of rotatable bonds is 3. The standard InChI is InChI=1S/C12H15NO4S/c1-12(2)11(15)13(18(12,16)17)10(8-14)9-6-4-3-5-7-9/h3-7,10,14H,8H2,1-2H3/t10-/m0/s1. The van der Waals surface area contributed by atoms with Crippen LogP contribution in [0.25, 0.3) is 0 Å². The van der Waals surface area contributed by atoms with Crippen LogP contribution in [0.4, 0.5) is 0 Å². The monoisotopic (exact) mass is 269 g/mol. The summed E-state index contributed by atoms with van der Waals surface area (Å²) >= 11 is 0. The second kappa shape index (κ2) is 4.07. The van der Waals surface area contributed by atoms with Crippen molar-refractivity contribution in [1.82, 2.24) is 4.31 Å². The number of aliphatic hydroxyl groups is 1. The van der Waals surface area contributed by atoms with Gasteiger partial charge in [0, 0.05) is 0 Å². The predicted octanol–water partition coefficient (Wildman–Crippen LogP) is 0.671. The molecular weight excluding hydrogens is 254 g/mol. The first-order valence-electron chi connectivity index (χ1n) is 5.58. The SMILES string of the molecule is CC1(C)C(=O)N([C@@H](CO)c2ccccc2)S1(=O)=O. The molecular formula is C12H15NO4S. The topological polar surface area (TPSA) is 74.7 Å². The van der Waals surface area contributed by atoms with Gasteiger partial charge in [0.05, 0.1) is 12.6 Å². The van der Waals surface area contributed by atoms with Crippen LogP contribution in [0, 0.1) is 0 Å². The highest BCUT2D eigenvalue weighted by Crippen LogP contribution is 2.41. The van der Waals surface area contributed by atoms with Crippen LogP contribution in [0.5, 0.6) is 0 Å². The molecule has 1 aliphatic heterocycles. The smallest absolute Gasteiger partial charge is 0.259 e. The van der Waals surface area contributed by atoms with Crippen molar-refractivity contribution in [2.45, 2.75) is 24.6 Å². The highest BCUT2D eigenvalue weighted by atomic mass is 32.2. The van der Waals surface area contributed by atoms with Crippen molar-refractivity contribution in [3.63, 3.8) is 0 Å². The molecule has 18 heavy (non-hydrogen) atoms. The quantitative estimate of drug-likeness (QED) is 0.875. The van der Waals surface area contributed by atoms with Crippen LogP contribution >= 0.6 is 0 Å². The Hall–Kier alpha value is -1.40. The second-order valence-corrected chi connectivity index (χ2v) is 7.09. The van der Waals surface area contributed by atoms with E-state index in [0.29, 0.717) is 5.56 Å². The molecule has 98 valence electrons. The molecule has 5 nitrogen and oxygen atoms in total. The summed E-state index contributed by atoms with van der Waals surface area (Å²) in [5.41, 5.74) is 0.604. The molecule has 1 aliphatic rings. The van der Waals surface area contributed by atoms with E-state index in [-0.39, 0.29) is 0 Å². The van der Waals surface area contributed by atoms with Crippen molar-refractivity contribution in [2.24, 2.45) is 0 Å². The van der Waals surface area contributed by atoms with E-state index < -0.39 is 33.3 Å². The lowest BCUT2D eigenvalue weighted by Gasteiger charge is -2.46. The first kappa shape index (κ1) is 13.0. The number of carbonyl (C=O) groups is 1. The van der Waals surface area contributed by atoms with Crippen LogP contribution in [0.1, 0.15) is 25.5 Å². The van der Waals surface area contributed by atoms with Crippen molar-refractivity contribution in [3.05, 3.63) is 35.9 Å². The largest absolute Gasteiger partial charge is 0.394 e. The normalized spacial score (nSPS) is 22.4. The molecule has 1 atom stereocenters. The van der Waals surface area contributed by atoms with Crippen LogP contribution in [-0.2, 0) is 14.8 Å². The highest BCUT2D eigenvalue weighted by Gasteiger charge is 2.62.